The van der Waals surface area contributed by atoms with Crippen LogP contribution in [0.2, 0.25) is 0 Å². The molecule has 0 unspecified atom stereocenters. The predicted molar refractivity (Wildman–Crippen MR) is 87.6 cm³/mol. The Morgan fingerprint density at radius 1 is 1.05 bits per heavy atom. The highest BCUT2D eigenvalue weighted by molar-refractivity contribution is 6.04. The number of amides is 1. The summed E-state index contributed by atoms with van der Waals surface area (Å²) in [6.45, 7) is 3.96. The summed E-state index contributed by atoms with van der Waals surface area (Å²) in [5.41, 5.74) is 4.85. The van der Waals surface area contributed by atoms with Gasteiger partial charge in [0.05, 0.1) is 0 Å². The summed E-state index contributed by atoms with van der Waals surface area (Å²) < 4.78 is 0. The van der Waals surface area contributed by atoms with E-state index in [0.29, 0.717) is 0 Å². The second-order valence-corrected chi connectivity index (χ2v) is 6.05. The maximum atomic E-state index is 12.4. The number of hydrogen-bond donors (Lipinski definition) is 2. The van der Waals surface area contributed by atoms with E-state index >= 15 is 0 Å². The molecule has 1 heterocycles. The van der Waals surface area contributed by atoms with Crippen molar-refractivity contribution in [3.05, 3.63) is 62.6 Å². The van der Waals surface area contributed by atoms with Crippen LogP contribution in [0.1, 0.15) is 45.6 Å². The fourth-order valence-corrected chi connectivity index (χ4v) is 3.09. The van der Waals surface area contributed by atoms with Gasteiger partial charge in [-0.25, -0.2) is 0 Å². The zero-order valence-corrected chi connectivity index (χ0v) is 13.0. The van der Waals surface area contributed by atoms with Crippen molar-refractivity contribution in [1.29, 1.82) is 0 Å². The van der Waals surface area contributed by atoms with Crippen molar-refractivity contribution in [1.82, 2.24) is 4.98 Å². The minimum absolute atomic E-state index is 0.194. The molecule has 114 valence electrons. The number of carbonyl (C=O) groups is 1. The Hall–Kier alpha value is -2.36. The molecule has 1 aromatic heterocycles. The predicted octanol–water partition coefficient (Wildman–Crippen LogP) is 3.12. The fourth-order valence-electron chi connectivity index (χ4n) is 3.09. The molecule has 0 fully saturated rings. The van der Waals surface area contributed by atoms with E-state index in [1.807, 2.05) is 32.0 Å². The number of aromatic nitrogens is 1. The molecule has 0 bridgehead atoms. The van der Waals surface area contributed by atoms with E-state index in [1.54, 1.807) is 6.07 Å². The van der Waals surface area contributed by atoms with Crippen LogP contribution in [0.5, 0.6) is 0 Å². The van der Waals surface area contributed by atoms with Gasteiger partial charge in [-0.15, -0.1) is 0 Å². The molecule has 1 amide bonds. The third-order valence-corrected chi connectivity index (χ3v) is 4.06. The monoisotopic (exact) mass is 296 g/mol. The van der Waals surface area contributed by atoms with E-state index < -0.39 is 0 Å². The number of aromatic amines is 1. The van der Waals surface area contributed by atoms with E-state index in [4.69, 9.17) is 0 Å². The first-order valence-corrected chi connectivity index (χ1v) is 7.67. The number of nitrogens with one attached hydrogen (secondary N) is 2. The van der Waals surface area contributed by atoms with Crippen LogP contribution in [0.15, 0.2) is 29.1 Å². The van der Waals surface area contributed by atoms with Crippen molar-refractivity contribution < 1.29 is 4.79 Å². The maximum absolute atomic E-state index is 12.4. The topological polar surface area (TPSA) is 62.0 Å². The van der Waals surface area contributed by atoms with Crippen molar-refractivity contribution >= 4 is 11.6 Å². The molecule has 0 saturated carbocycles. The van der Waals surface area contributed by atoms with Crippen molar-refractivity contribution in [3.8, 4) is 0 Å². The molecule has 0 spiro atoms. The van der Waals surface area contributed by atoms with Gasteiger partial charge < -0.3 is 10.3 Å². The van der Waals surface area contributed by atoms with Gasteiger partial charge in [0.2, 0.25) is 0 Å². The quantitative estimate of drug-likeness (QED) is 0.894. The molecule has 4 nitrogen and oxygen atoms in total. The maximum Gasteiger partial charge on any atom is 0.261 e. The summed E-state index contributed by atoms with van der Waals surface area (Å²) in [6.07, 6.45) is 4.02. The van der Waals surface area contributed by atoms with E-state index in [9.17, 15) is 9.59 Å². The Labute approximate surface area is 129 Å². The second-order valence-electron chi connectivity index (χ2n) is 6.05. The number of anilines is 1. The lowest BCUT2D eigenvalue weighted by Gasteiger charge is -2.16. The largest absolute Gasteiger partial charge is 0.325 e. The van der Waals surface area contributed by atoms with Crippen LogP contribution in [0.25, 0.3) is 0 Å². The number of pyridine rings is 1. The van der Waals surface area contributed by atoms with Gasteiger partial charge in [0.25, 0.3) is 11.5 Å². The molecule has 2 aromatic rings. The van der Waals surface area contributed by atoms with E-state index in [2.05, 4.69) is 10.3 Å². The van der Waals surface area contributed by atoms with Crippen LogP contribution in [-0.2, 0) is 12.8 Å². The minimum atomic E-state index is -0.348. The molecule has 0 radical (unpaired) electrons. The lowest BCUT2D eigenvalue weighted by Crippen LogP contribution is -2.26. The standard InChI is InChI=1S/C18H20N2O2/c1-11-7-12(2)9-14(8-11)19-17(21)15-10-13-5-3-4-6-16(13)20-18(15)22/h7-10H,3-6H2,1-2H3,(H,19,21)(H,20,22). The fraction of sp³-hybridized carbons (Fsp3) is 0.333. The first-order valence-electron chi connectivity index (χ1n) is 7.67. The van der Waals surface area contributed by atoms with Crippen molar-refractivity contribution in [2.24, 2.45) is 0 Å². The van der Waals surface area contributed by atoms with Gasteiger partial charge in [0.1, 0.15) is 5.56 Å². The van der Waals surface area contributed by atoms with Gasteiger partial charge in [-0.3, -0.25) is 9.59 Å². The third kappa shape index (κ3) is 2.96. The van der Waals surface area contributed by atoms with Crippen molar-refractivity contribution in [3.63, 3.8) is 0 Å². The molecule has 0 atom stereocenters. The van der Waals surface area contributed by atoms with Gasteiger partial charge in [0, 0.05) is 11.4 Å². The van der Waals surface area contributed by atoms with Crippen LogP contribution in [0.4, 0.5) is 5.69 Å². The lowest BCUT2D eigenvalue weighted by molar-refractivity contribution is 0.102. The number of carbonyl (C=O) groups excluding carboxylic acids is 1. The second kappa shape index (κ2) is 5.79. The molecule has 2 N–H and O–H groups in total. The summed E-state index contributed by atoms with van der Waals surface area (Å²) in [5, 5.41) is 2.83. The first-order chi connectivity index (χ1) is 10.5. The van der Waals surface area contributed by atoms with Gasteiger partial charge in [-0.2, -0.15) is 0 Å². The number of fused-ring (bicyclic) bond motifs is 1. The third-order valence-electron chi connectivity index (χ3n) is 4.06. The molecule has 1 aliphatic rings. The van der Waals surface area contributed by atoms with E-state index in [1.165, 1.54) is 0 Å². The number of hydrogen-bond acceptors (Lipinski definition) is 2. The normalized spacial score (nSPS) is 13.5. The molecule has 1 aliphatic carbocycles. The number of benzene rings is 1. The molecular formula is C18H20N2O2. The molecule has 0 aliphatic heterocycles. The van der Waals surface area contributed by atoms with Gasteiger partial charge in [-0.1, -0.05) is 6.07 Å². The van der Waals surface area contributed by atoms with Crippen molar-refractivity contribution in [2.45, 2.75) is 39.5 Å². The average Bonchev–Trinajstić information content (AvgIpc) is 2.45. The highest BCUT2D eigenvalue weighted by Crippen LogP contribution is 2.19. The molecular weight excluding hydrogens is 276 g/mol. The van der Waals surface area contributed by atoms with Crippen LogP contribution in [0, 0.1) is 13.8 Å². The molecule has 0 saturated heterocycles. The van der Waals surface area contributed by atoms with Crippen LogP contribution >= 0.6 is 0 Å². The van der Waals surface area contributed by atoms with E-state index in [0.717, 1.165) is 53.8 Å². The summed E-state index contributed by atoms with van der Waals surface area (Å²) in [6, 6.07) is 7.60. The first kappa shape index (κ1) is 14.6. The molecule has 3 rings (SSSR count). The van der Waals surface area contributed by atoms with Gasteiger partial charge in [-0.05, 0) is 74.4 Å². The molecule has 22 heavy (non-hydrogen) atoms. The number of aryl methyl sites for hydroxylation is 4. The Morgan fingerprint density at radius 3 is 2.45 bits per heavy atom. The van der Waals surface area contributed by atoms with Crippen LogP contribution < -0.4 is 10.9 Å². The molecule has 1 aromatic carbocycles. The van der Waals surface area contributed by atoms with Gasteiger partial charge >= 0.3 is 0 Å². The smallest absolute Gasteiger partial charge is 0.261 e. The highest BCUT2D eigenvalue weighted by Gasteiger charge is 2.17. The lowest BCUT2D eigenvalue weighted by atomic mass is 9.95. The zero-order chi connectivity index (χ0) is 15.7. The number of rotatable bonds is 2. The van der Waals surface area contributed by atoms with Crippen LogP contribution in [0.3, 0.4) is 0 Å². The van der Waals surface area contributed by atoms with Gasteiger partial charge in [0.15, 0.2) is 0 Å². The molecule has 4 heteroatoms. The Bertz CT molecular complexity index is 770. The zero-order valence-electron chi connectivity index (χ0n) is 13.0. The summed E-state index contributed by atoms with van der Waals surface area (Å²) >= 11 is 0. The highest BCUT2D eigenvalue weighted by atomic mass is 16.2. The Kier molecular flexibility index (Phi) is 3.84. The average molecular weight is 296 g/mol. The SMILES string of the molecule is Cc1cc(C)cc(NC(=O)c2cc3c([nH]c2=O)CCCC3)c1. The van der Waals surface area contributed by atoms with Crippen LogP contribution in [-0.4, -0.2) is 10.9 Å². The Balaban J connectivity index is 1.90. The summed E-state index contributed by atoms with van der Waals surface area (Å²) in [4.78, 5) is 27.4. The van der Waals surface area contributed by atoms with Crippen molar-refractivity contribution in [2.75, 3.05) is 5.32 Å². The number of H-pyrrole nitrogens is 1. The Morgan fingerprint density at radius 2 is 1.73 bits per heavy atom. The van der Waals surface area contributed by atoms with E-state index in [-0.39, 0.29) is 17.0 Å². The summed E-state index contributed by atoms with van der Waals surface area (Å²) in [7, 11) is 0. The summed E-state index contributed by atoms with van der Waals surface area (Å²) in [5.74, 6) is -0.348. The minimum Gasteiger partial charge on any atom is -0.325 e.